The molecule has 35 heavy (non-hydrogen) atoms. The zero-order valence-corrected chi connectivity index (χ0v) is 18.8. The molecular weight excluding hydrogens is 449 g/mol. The number of carbonyl (C=O) groups excluding carboxylic acids is 1. The maximum absolute atomic E-state index is 13.1. The zero-order chi connectivity index (χ0) is 24.8. The first-order valence-electron chi connectivity index (χ1n) is 10.9. The van der Waals surface area contributed by atoms with Gasteiger partial charge in [0.25, 0.3) is 5.91 Å². The largest absolute Gasteiger partial charge is 0.480 e. The predicted octanol–water partition coefficient (Wildman–Crippen LogP) is 0.878. The highest BCUT2D eigenvalue weighted by atomic mass is 16.5. The Morgan fingerprint density at radius 3 is 2.60 bits per heavy atom. The summed E-state index contributed by atoms with van der Waals surface area (Å²) in [6.07, 6.45) is 4.94. The first kappa shape index (κ1) is 24.1. The molecule has 1 aliphatic heterocycles. The molecule has 178 valence electrons. The van der Waals surface area contributed by atoms with Gasteiger partial charge in [-0.2, -0.15) is 0 Å². The number of carboxylic acids is 1. The Balaban J connectivity index is 1.53. The Morgan fingerprint density at radius 2 is 1.91 bits per heavy atom. The number of aliphatic carboxylic acids is 1. The number of pyridine rings is 1. The van der Waals surface area contributed by atoms with Crippen LogP contribution in [0.1, 0.15) is 16.1 Å². The molecule has 4 rings (SSSR count). The lowest BCUT2D eigenvalue weighted by Crippen LogP contribution is -2.36. The molecule has 0 bridgehead atoms. The van der Waals surface area contributed by atoms with Crippen molar-refractivity contribution < 1.29 is 19.4 Å². The minimum absolute atomic E-state index is 0.00185. The van der Waals surface area contributed by atoms with Crippen LogP contribution in [0.25, 0.3) is 11.3 Å². The number of ether oxygens (including phenoxy) is 1. The van der Waals surface area contributed by atoms with E-state index in [4.69, 9.17) is 23.6 Å². The van der Waals surface area contributed by atoms with E-state index in [9.17, 15) is 9.59 Å². The van der Waals surface area contributed by atoms with Crippen molar-refractivity contribution in [3.63, 3.8) is 0 Å². The molecule has 5 N–H and O–H groups in total. The van der Waals surface area contributed by atoms with Crippen molar-refractivity contribution in [3.05, 3.63) is 60.2 Å². The summed E-state index contributed by atoms with van der Waals surface area (Å²) in [6.45, 7) is 2.62. The second-order valence-electron chi connectivity index (χ2n) is 7.89. The molecule has 1 aliphatic rings. The fraction of sp³-hybridized carbons (Fsp3) is 0.261. The molecule has 2 aromatic heterocycles. The highest BCUT2D eigenvalue weighted by molar-refractivity contribution is 6.07. The molecule has 11 nitrogen and oxygen atoms in total. The van der Waals surface area contributed by atoms with Gasteiger partial charge >= 0.3 is 5.97 Å². The van der Waals surface area contributed by atoms with Crippen LogP contribution in [-0.4, -0.2) is 72.3 Å². The minimum Gasteiger partial charge on any atom is -0.480 e. The van der Waals surface area contributed by atoms with Gasteiger partial charge in [0, 0.05) is 24.8 Å². The van der Waals surface area contributed by atoms with Crippen LogP contribution in [0.2, 0.25) is 0 Å². The summed E-state index contributed by atoms with van der Waals surface area (Å²) in [4.78, 5) is 39.1. The number of hydrogen-bond donors (Lipinski definition) is 4. The summed E-state index contributed by atoms with van der Waals surface area (Å²) in [5, 5.41) is 14.3. The number of nitrogen functional groups attached to an aromatic ring is 1. The van der Waals surface area contributed by atoms with Crippen molar-refractivity contribution in [1.82, 2.24) is 20.2 Å². The number of morpholine rings is 1. The summed E-state index contributed by atoms with van der Waals surface area (Å²) >= 11 is 0. The van der Waals surface area contributed by atoms with Gasteiger partial charge in [-0.05, 0) is 18.1 Å². The van der Waals surface area contributed by atoms with Crippen molar-refractivity contribution in [1.29, 1.82) is 0 Å². The second-order valence-corrected chi connectivity index (χ2v) is 7.89. The molecule has 12 heteroatoms. The van der Waals surface area contributed by atoms with Gasteiger partial charge in [0.05, 0.1) is 48.7 Å². The number of nitrogens with zero attached hydrogens (tertiary/aromatic N) is 4. The average molecular weight is 473 g/mol. The van der Waals surface area contributed by atoms with Crippen LogP contribution in [0.15, 0.2) is 48.9 Å². The van der Waals surface area contributed by atoms with E-state index in [1.807, 2.05) is 6.07 Å². The number of carboxylic acid groups (broad SMARTS) is 1. The van der Waals surface area contributed by atoms with E-state index in [2.05, 4.69) is 30.4 Å². The number of rotatable bonds is 8. The Labute approximate surface area is 203 Å². The molecule has 1 fully saturated rings. The topological polar surface area (TPSA) is 156 Å². The van der Waals surface area contributed by atoms with E-state index in [1.165, 1.54) is 6.20 Å². The maximum Gasteiger partial charge on any atom is 0.319 e. The summed E-state index contributed by atoms with van der Waals surface area (Å²) in [5.74, 6) is -1.55. The number of nitrogens with one attached hydrogen (secondary N) is 2. The van der Waals surface area contributed by atoms with Gasteiger partial charge in [0.2, 0.25) is 0 Å². The van der Waals surface area contributed by atoms with Crippen molar-refractivity contribution >= 4 is 37.1 Å². The predicted molar refractivity (Wildman–Crippen MR) is 131 cm³/mol. The standard InChI is InChI=1S/C23H24BN7O4/c24-30-16(23(33)34)11-14-1-3-15(4-2-14)17-13-27-21(25)20(28-17)22(32)29-18-12-26-6-5-19(18)31-7-9-35-10-8-31/h1-6,12-13,16,30H,7-11H2,(H2,25,27)(H,29,32)(H,33,34)/t16-/m0/s1. The van der Waals surface area contributed by atoms with Gasteiger partial charge in [-0.25, -0.2) is 9.97 Å². The zero-order valence-electron chi connectivity index (χ0n) is 18.8. The third-order valence-corrected chi connectivity index (χ3v) is 5.60. The Kier molecular flexibility index (Phi) is 7.53. The van der Waals surface area contributed by atoms with Gasteiger partial charge in [-0.15, -0.1) is 0 Å². The van der Waals surface area contributed by atoms with E-state index in [-0.39, 0.29) is 17.9 Å². The van der Waals surface area contributed by atoms with E-state index in [0.717, 1.165) is 11.3 Å². The van der Waals surface area contributed by atoms with Crippen molar-refractivity contribution in [2.75, 3.05) is 42.3 Å². The summed E-state index contributed by atoms with van der Waals surface area (Å²) in [7, 11) is 5.30. The van der Waals surface area contributed by atoms with Crippen LogP contribution in [-0.2, 0) is 16.0 Å². The summed E-state index contributed by atoms with van der Waals surface area (Å²) < 4.78 is 5.41. The van der Waals surface area contributed by atoms with E-state index >= 15 is 0 Å². The SMILES string of the molecule is [B]N[C@@H](Cc1ccc(-c2cnc(N)c(C(=O)Nc3cnccc3N3CCOCC3)n2)cc1)C(=O)O. The van der Waals surface area contributed by atoms with Crippen molar-refractivity contribution in [2.45, 2.75) is 12.5 Å². The minimum atomic E-state index is -1.04. The molecule has 0 aliphatic carbocycles. The van der Waals surface area contributed by atoms with Gasteiger partial charge in [0.15, 0.2) is 19.5 Å². The van der Waals surface area contributed by atoms with Crippen LogP contribution in [0.3, 0.4) is 0 Å². The maximum atomic E-state index is 13.1. The highest BCUT2D eigenvalue weighted by Gasteiger charge is 2.20. The first-order valence-corrected chi connectivity index (χ1v) is 10.9. The third-order valence-electron chi connectivity index (χ3n) is 5.60. The number of anilines is 3. The Morgan fingerprint density at radius 1 is 1.17 bits per heavy atom. The number of nitrogens with two attached hydrogens (primary N) is 1. The smallest absolute Gasteiger partial charge is 0.319 e. The lowest BCUT2D eigenvalue weighted by molar-refractivity contribution is -0.138. The number of amides is 1. The van der Waals surface area contributed by atoms with Crippen LogP contribution < -0.4 is 21.2 Å². The fourth-order valence-electron chi connectivity index (χ4n) is 3.71. The highest BCUT2D eigenvalue weighted by Crippen LogP contribution is 2.27. The molecule has 0 saturated carbocycles. The molecule has 0 spiro atoms. The summed E-state index contributed by atoms with van der Waals surface area (Å²) in [6, 6.07) is 8.01. The normalized spacial score (nSPS) is 14.3. The molecule has 1 aromatic carbocycles. The van der Waals surface area contributed by atoms with Crippen LogP contribution in [0.4, 0.5) is 17.2 Å². The van der Waals surface area contributed by atoms with E-state index < -0.39 is 17.9 Å². The summed E-state index contributed by atoms with van der Waals surface area (Å²) in [5.41, 5.74) is 9.25. The molecule has 2 radical (unpaired) electrons. The molecular formula is C23H24BN7O4. The molecule has 1 atom stereocenters. The number of benzene rings is 1. The molecule has 0 unspecified atom stereocenters. The average Bonchev–Trinajstić information content (AvgIpc) is 2.88. The molecule has 1 amide bonds. The monoisotopic (exact) mass is 473 g/mol. The van der Waals surface area contributed by atoms with Gasteiger partial charge in [-0.3, -0.25) is 14.6 Å². The van der Waals surface area contributed by atoms with Crippen molar-refractivity contribution in [3.8, 4) is 11.3 Å². The number of aromatic nitrogens is 3. The van der Waals surface area contributed by atoms with E-state index in [0.29, 0.717) is 43.2 Å². The molecule has 3 aromatic rings. The van der Waals surface area contributed by atoms with Gasteiger partial charge in [0.1, 0.15) is 0 Å². The first-order chi connectivity index (χ1) is 17.0. The lowest BCUT2D eigenvalue weighted by atomic mass is 10.0. The van der Waals surface area contributed by atoms with Crippen LogP contribution in [0, 0.1) is 0 Å². The lowest BCUT2D eigenvalue weighted by Gasteiger charge is -2.30. The fourth-order valence-corrected chi connectivity index (χ4v) is 3.71. The van der Waals surface area contributed by atoms with Gasteiger partial charge in [-0.1, -0.05) is 24.3 Å². The Bertz CT molecular complexity index is 1200. The molecule has 1 saturated heterocycles. The quantitative estimate of drug-likeness (QED) is 0.347. The second kappa shape index (κ2) is 10.9. The number of hydrogen-bond acceptors (Lipinski definition) is 9. The Hall–Kier alpha value is -4.03. The van der Waals surface area contributed by atoms with Crippen LogP contribution >= 0.6 is 0 Å². The van der Waals surface area contributed by atoms with Gasteiger partial charge < -0.3 is 31.0 Å². The molecule has 3 heterocycles. The number of carbonyl (C=O) groups is 2. The van der Waals surface area contributed by atoms with Crippen LogP contribution in [0.5, 0.6) is 0 Å². The third kappa shape index (κ3) is 5.73. The van der Waals surface area contributed by atoms with E-state index in [1.54, 1.807) is 36.7 Å². The van der Waals surface area contributed by atoms with Crippen molar-refractivity contribution in [2.24, 2.45) is 0 Å².